The molecule has 13 heavy (non-hydrogen) atoms. The van der Waals surface area contributed by atoms with Gasteiger partial charge in [-0.1, -0.05) is 0 Å². The van der Waals surface area contributed by atoms with E-state index in [9.17, 15) is 5.11 Å². The lowest BCUT2D eigenvalue weighted by Gasteiger charge is -2.15. The first-order chi connectivity index (χ1) is 6.33. The van der Waals surface area contributed by atoms with Crippen LogP contribution in [-0.2, 0) is 0 Å². The average molecular weight is 197 g/mol. The van der Waals surface area contributed by atoms with E-state index in [1.165, 1.54) is 10.4 Å². The van der Waals surface area contributed by atoms with Crippen LogP contribution in [0.25, 0.3) is 0 Å². The van der Waals surface area contributed by atoms with Crippen molar-refractivity contribution in [3.63, 3.8) is 0 Å². The van der Waals surface area contributed by atoms with Crippen molar-refractivity contribution in [3.05, 3.63) is 21.9 Å². The minimum atomic E-state index is 0.301. The van der Waals surface area contributed by atoms with E-state index < -0.39 is 0 Å². The predicted octanol–water partition coefficient (Wildman–Crippen LogP) is 1.35. The smallest absolute Gasteiger partial charge is 0.0478 e. The van der Waals surface area contributed by atoms with Crippen LogP contribution in [-0.4, -0.2) is 24.8 Å². The molecule has 0 aromatic carbocycles. The fraction of sp³-hybridized carbons (Fsp3) is 0.600. The van der Waals surface area contributed by atoms with Crippen molar-refractivity contribution < 1.29 is 5.11 Å². The summed E-state index contributed by atoms with van der Waals surface area (Å²) in [5.41, 5.74) is 1.37. The summed E-state index contributed by atoms with van der Waals surface area (Å²) in [5, 5.41) is 14.7. The van der Waals surface area contributed by atoms with Crippen LogP contribution in [0, 0.1) is 12.8 Å². The van der Waals surface area contributed by atoms with Crippen LogP contribution in [0.1, 0.15) is 16.4 Å². The van der Waals surface area contributed by atoms with Crippen LogP contribution in [0.15, 0.2) is 11.4 Å². The molecule has 3 heteroatoms. The Hall–Kier alpha value is -0.380. The van der Waals surface area contributed by atoms with Crippen molar-refractivity contribution in [1.29, 1.82) is 0 Å². The number of hydrogen-bond donors (Lipinski definition) is 2. The fourth-order valence-electron chi connectivity index (χ4n) is 2.00. The summed E-state index contributed by atoms with van der Waals surface area (Å²) < 4.78 is 0. The highest BCUT2D eigenvalue weighted by Crippen LogP contribution is 2.33. The van der Waals surface area contributed by atoms with Gasteiger partial charge in [-0.25, -0.2) is 0 Å². The van der Waals surface area contributed by atoms with Crippen molar-refractivity contribution >= 4 is 11.3 Å². The van der Waals surface area contributed by atoms with Gasteiger partial charge in [-0.15, -0.1) is 11.3 Å². The minimum Gasteiger partial charge on any atom is -0.396 e. The van der Waals surface area contributed by atoms with Gasteiger partial charge in [0, 0.05) is 36.4 Å². The van der Waals surface area contributed by atoms with Gasteiger partial charge in [-0.3, -0.25) is 0 Å². The first-order valence-electron chi connectivity index (χ1n) is 4.68. The third-order valence-corrected chi connectivity index (χ3v) is 3.96. The molecule has 1 aliphatic heterocycles. The maximum Gasteiger partial charge on any atom is 0.0478 e. The van der Waals surface area contributed by atoms with Crippen molar-refractivity contribution in [2.24, 2.45) is 5.92 Å². The van der Waals surface area contributed by atoms with E-state index >= 15 is 0 Å². The van der Waals surface area contributed by atoms with Crippen LogP contribution in [0.4, 0.5) is 0 Å². The van der Waals surface area contributed by atoms with Crippen LogP contribution >= 0.6 is 11.3 Å². The molecule has 72 valence electrons. The van der Waals surface area contributed by atoms with E-state index in [0.717, 1.165) is 13.1 Å². The second-order valence-corrected chi connectivity index (χ2v) is 4.62. The number of hydrogen-bond acceptors (Lipinski definition) is 3. The molecule has 2 N–H and O–H groups in total. The molecule has 1 aliphatic rings. The topological polar surface area (TPSA) is 32.3 Å². The van der Waals surface area contributed by atoms with E-state index in [1.807, 2.05) is 11.3 Å². The van der Waals surface area contributed by atoms with Gasteiger partial charge in [0.05, 0.1) is 0 Å². The Morgan fingerprint density at radius 3 is 3.08 bits per heavy atom. The molecule has 0 spiro atoms. The van der Waals surface area contributed by atoms with Gasteiger partial charge >= 0.3 is 0 Å². The fourth-order valence-corrected chi connectivity index (χ4v) is 3.12. The maximum atomic E-state index is 9.19. The van der Waals surface area contributed by atoms with Crippen molar-refractivity contribution in [3.8, 4) is 0 Å². The summed E-state index contributed by atoms with van der Waals surface area (Å²) in [6.45, 7) is 4.43. The Balaban J connectivity index is 2.20. The normalized spacial score (nSPS) is 28.2. The number of aryl methyl sites for hydroxylation is 1. The van der Waals surface area contributed by atoms with Crippen LogP contribution in [0.3, 0.4) is 0 Å². The molecular weight excluding hydrogens is 182 g/mol. The molecule has 2 heterocycles. The third kappa shape index (κ3) is 1.64. The summed E-state index contributed by atoms with van der Waals surface area (Å²) in [5.74, 6) is 0.947. The van der Waals surface area contributed by atoms with E-state index in [4.69, 9.17) is 0 Å². The Bertz CT molecular complexity index is 284. The number of rotatable bonds is 2. The zero-order chi connectivity index (χ0) is 9.26. The predicted molar refractivity (Wildman–Crippen MR) is 55.2 cm³/mol. The number of aliphatic hydroxyl groups is 1. The van der Waals surface area contributed by atoms with Gasteiger partial charge in [0.2, 0.25) is 0 Å². The van der Waals surface area contributed by atoms with Crippen molar-refractivity contribution in [2.75, 3.05) is 19.7 Å². The highest BCUT2D eigenvalue weighted by molar-refractivity contribution is 7.10. The Kier molecular flexibility index (Phi) is 2.67. The Labute approximate surface area is 82.6 Å². The molecule has 0 saturated carbocycles. The van der Waals surface area contributed by atoms with Crippen LogP contribution in [0.5, 0.6) is 0 Å². The summed E-state index contributed by atoms with van der Waals surface area (Å²) >= 11 is 1.81. The Morgan fingerprint density at radius 2 is 2.46 bits per heavy atom. The quantitative estimate of drug-likeness (QED) is 0.750. The average Bonchev–Trinajstić information content (AvgIpc) is 2.71. The van der Waals surface area contributed by atoms with E-state index in [2.05, 4.69) is 23.7 Å². The Morgan fingerprint density at radius 1 is 1.62 bits per heavy atom. The van der Waals surface area contributed by atoms with Gasteiger partial charge in [-0.05, 0) is 23.9 Å². The lowest BCUT2D eigenvalue weighted by Crippen LogP contribution is -2.14. The first-order valence-corrected chi connectivity index (χ1v) is 5.56. The monoisotopic (exact) mass is 197 g/mol. The van der Waals surface area contributed by atoms with Gasteiger partial charge in [-0.2, -0.15) is 0 Å². The first kappa shape index (κ1) is 9.19. The molecule has 1 aromatic heterocycles. The highest BCUT2D eigenvalue weighted by atomic mass is 32.1. The van der Waals surface area contributed by atoms with Crippen LogP contribution < -0.4 is 5.32 Å². The molecule has 1 saturated heterocycles. The molecule has 2 atom stereocenters. The molecule has 2 rings (SSSR count). The molecule has 0 radical (unpaired) electrons. The van der Waals surface area contributed by atoms with Crippen molar-refractivity contribution in [2.45, 2.75) is 12.8 Å². The lowest BCUT2D eigenvalue weighted by atomic mass is 9.93. The largest absolute Gasteiger partial charge is 0.396 e. The molecule has 0 unspecified atom stereocenters. The van der Waals surface area contributed by atoms with E-state index in [-0.39, 0.29) is 0 Å². The molecule has 0 bridgehead atoms. The molecule has 2 nitrogen and oxygen atoms in total. The standard InChI is InChI=1S/C10H15NOS/c1-7-2-3-13-10(7)9-5-11-4-8(9)6-12/h2-3,8-9,11-12H,4-6H2,1H3/t8-,9+/m0/s1. The summed E-state index contributed by atoms with van der Waals surface area (Å²) in [6.07, 6.45) is 0. The van der Waals surface area contributed by atoms with Crippen molar-refractivity contribution in [1.82, 2.24) is 5.32 Å². The van der Waals surface area contributed by atoms with E-state index in [0.29, 0.717) is 18.4 Å². The number of nitrogens with one attached hydrogen (secondary N) is 1. The van der Waals surface area contributed by atoms with Gasteiger partial charge < -0.3 is 10.4 Å². The molecule has 1 fully saturated rings. The number of thiophene rings is 1. The second-order valence-electron chi connectivity index (χ2n) is 3.68. The SMILES string of the molecule is Cc1ccsc1[C@@H]1CNC[C@H]1CO. The molecular formula is C10H15NOS. The second kappa shape index (κ2) is 3.78. The zero-order valence-corrected chi connectivity index (χ0v) is 8.60. The van der Waals surface area contributed by atoms with Gasteiger partial charge in [0.25, 0.3) is 0 Å². The highest BCUT2D eigenvalue weighted by Gasteiger charge is 2.29. The third-order valence-electron chi connectivity index (χ3n) is 2.81. The molecule has 1 aromatic rings. The summed E-state index contributed by atoms with van der Waals surface area (Å²) in [6, 6.07) is 2.16. The van der Waals surface area contributed by atoms with Gasteiger partial charge in [0.15, 0.2) is 0 Å². The summed E-state index contributed by atoms with van der Waals surface area (Å²) in [7, 11) is 0. The lowest BCUT2D eigenvalue weighted by molar-refractivity contribution is 0.227. The van der Waals surface area contributed by atoms with Crippen LogP contribution in [0.2, 0.25) is 0 Å². The van der Waals surface area contributed by atoms with E-state index in [1.54, 1.807) is 0 Å². The zero-order valence-electron chi connectivity index (χ0n) is 7.79. The van der Waals surface area contributed by atoms with Gasteiger partial charge in [0.1, 0.15) is 0 Å². The minimum absolute atomic E-state index is 0.301. The number of aliphatic hydroxyl groups excluding tert-OH is 1. The molecule has 0 amide bonds. The summed E-state index contributed by atoms with van der Waals surface area (Å²) in [4.78, 5) is 1.45. The molecule has 0 aliphatic carbocycles. The maximum absolute atomic E-state index is 9.19.